The Labute approximate surface area is 97.3 Å². The van der Waals surface area contributed by atoms with Crippen molar-refractivity contribution in [2.75, 3.05) is 0 Å². The van der Waals surface area contributed by atoms with Crippen molar-refractivity contribution in [3.8, 4) is 0 Å². The van der Waals surface area contributed by atoms with Crippen LogP contribution in [-0.2, 0) is 4.79 Å². The summed E-state index contributed by atoms with van der Waals surface area (Å²) in [6.07, 6.45) is 6.69. The molecule has 4 aliphatic rings. The Balaban J connectivity index is 1.88. The smallest absolute Gasteiger partial charge is 0.161 e. The van der Waals surface area contributed by atoms with E-state index in [2.05, 4.69) is 13.8 Å². The van der Waals surface area contributed by atoms with Crippen LogP contribution in [0.3, 0.4) is 0 Å². The molecule has 86 valence electrons. The molecule has 1 nitrogen and oxygen atoms in total. The molecule has 0 aromatic carbocycles. The van der Waals surface area contributed by atoms with E-state index in [1.165, 1.54) is 37.7 Å². The largest absolute Gasteiger partial charge is 0.294 e. The first-order chi connectivity index (χ1) is 7.62. The Morgan fingerprint density at radius 3 is 2.38 bits per heavy atom. The average molecular weight is 216 g/mol. The van der Waals surface area contributed by atoms with Crippen molar-refractivity contribution in [1.82, 2.24) is 0 Å². The van der Waals surface area contributed by atoms with Crippen molar-refractivity contribution in [2.45, 2.75) is 46.0 Å². The molecule has 0 radical (unpaired) electrons. The van der Waals surface area contributed by atoms with Gasteiger partial charge in [0.25, 0.3) is 0 Å². The van der Waals surface area contributed by atoms with Crippen LogP contribution in [0.5, 0.6) is 0 Å². The van der Waals surface area contributed by atoms with Gasteiger partial charge in [0.05, 0.1) is 0 Å². The SMILES string of the molecule is C/C1=C(\C)C2CC3CC4CC(CC43C2)C1=O. The van der Waals surface area contributed by atoms with E-state index in [4.69, 9.17) is 0 Å². The summed E-state index contributed by atoms with van der Waals surface area (Å²) in [5, 5.41) is 0. The highest BCUT2D eigenvalue weighted by Crippen LogP contribution is 2.72. The topological polar surface area (TPSA) is 17.1 Å². The molecule has 0 saturated heterocycles. The van der Waals surface area contributed by atoms with Crippen molar-refractivity contribution in [3.05, 3.63) is 11.1 Å². The van der Waals surface area contributed by atoms with Crippen LogP contribution in [0.2, 0.25) is 0 Å². The van der Waals surface area contributed by atoms with Crippen LogP contribution in [0.15, 0.2) is 11.1 Å². The maximum Gasteiger partial charge on any atom is 0.161 e. The third-order valence-corrected chi connectivity index (χ3v) is 6.53. The standard InChI is InChI=1S/C15H20O/c1-8-9(2)14(16)11-4-13-5-12-3-10(8)6-15(12,13)7-11/h10-13H,3-7H2,1-2H3/b9-8-. The van der Waals surface area contributed by atoms with E-state index in [1.54, 1.807) is 0 Å². The Kier molecular flexibility index (Phi) is 1.55. The summed E-state index contributed by atoms with van der Waals surface area (Å²) in [5.74, 6) is 3.52. The Morgan fingerprint density at radius 1 is 1.00 bits per heavy atom. The fraction of sp³-hybridized carbons (Fsp3) is 0.800. The van der Waals surface area contributed by atoms with Crippen LogP contribution in [-0.4, -0.2) is 5.78 Å². The van der Waals surface area contributed by atoms with Crippen molar-refractivity contribution in [2.24, 2.45) is 29.1 Å². The third-order valence-electron chi connectivity index (χ3n) is 6.53. The van der Waals surface area contributed by atoms with Gasteiger partial charge in [0.2, 0.25) is 0 Å². The van der Waals surface area contributed by atoms with E-state index in [0.29, 0.717) is 17.1 Å². The van der Waals surface area contributed by atoms with Crippen LogP contribution in [0.1, 0.15) is 46.0 Å². The highest BCUT2D eigenvalue weighted by Gasteiger charge is 2.65. The number of rotatable bonds is 0. The fourth-order valence-corrected chi connectivity index (χ4v) is 5.50. The number of Topliss-reactive ketones (excluding diaryl/α,β-unsaturated/α-hetero) is 1. The minimum atomic E-state index is 0.393. The summed E-state index contributed by atoms with van der Waals surface area (Å²) < 4.78 is 0. The molecule has 1 heteroatoms. The van der Waals surface area contributed by atoms with Crippen molar-refractivity contribution in [3.63, 3.8) is 0 Å². The quantitative estimate of drug-likeness (QED) is 0.607. The van der Waals surface area contributed by atoms with Gasteiger partial charge in [-0.15, -0.1) is 0 Å². The summed E-state index contributed by atoms with van der Waals surface area (Å²) in [5.41, 5.74) is 3.18. The van der Waals surface area contributed by atoms with Crippen LogP contribution in [0.4, 0.5) is 0 Å². The first-order valence-corrected chi connectivity index (χ1v) is 6.83. The molecule has 5 unspecified atom stereocenters. The summed E-state index contributed by atoms with van der Waals surface area (Å²) in [4.78, 5) is 12.4. The lowest BCUT2D eigenvalue weighted by molar-refractivity contribution is -0.119. The lowest BCUT2D eigenvalue weighted by atomic mass is 9.56. The van der Waals surface area contributed by atoms with Gasteiger partial charge in [0, 0.05) is 5.92 Å². The molecule has 0 aromatic rings. The second-order valence-electron chi connectivity index (χ2n) is 6.81. The molecule has 4 rings (SSSR count). The first kappa shape index (κ1) is 9.44. The zero-order valence-corrected chi connectivity index (χ0v) is 10.3. The van der Waals surface area contributed by atoms with Gasteiger partial charge < -0.3 is 0 Å². The van der Waals surface area contributed by atoms with E-state index < -0.39 is 0 Å². The predicted octanol–water partition coefficient (Wildman–Crippen LogP) is 3.35. The number of fused-ring (bicyclic) bond motifs is 2. The van der Waals surface area contributed by atoms with Crippen molar-refractivity contribution >= 4 is 5.78 Å². The van der Waals surface area contributed by atoms with E-state index in [-0.39, 0.29) is 0 Å². The Hall–Kier alpha value is -0.590. The van der Waals surface area contributed by atoms with Gasteiger partial charge in [-0.05, 0) is 74.7 Å². The molecule has 0 amide bonds. The number of hydrogen-bond acceptors (Lipinski definition) is 1. The number of ketones is 1. The summed E-state index contributed by atoms with van der Waals surface area (Å²) >= 11 is 0. The molecule has 3 saturated carbocycles. The highest BCUT2D eigenvalue weighted by molar-refractivity contribution is 5.97. The number of hydrogen-bond donors (Lipinski definition) is 0. The summed E-state index contributed by atoms with van der Waals surface area (Å²) in [6.45, 7) is 4.30. The number of carbonyl (C=O) groups excluding carboxylic acids is 1. The molecule has 5 atom stereocenters. The summed E-state index contributed by atoms with van der Waals surface area (Å²) in [7, 11) is 0. The van der Waals surface area contributed by atoms with Crippen LogP contribution in [0.25, 0.3) is 0 Å². The van der Waals surface area contributed by atoms with Crippen molar-refractivity contribution in [1.29, 1.82) is 0 Å². The zero-order valence-electron chi connectivity index (χ0n) is 10.3. The zero-order chi connectivity index (χ0) is 11.1. The van der Waals surface area contributed by atoms with Gasteiger partial charge in [0.15, 0.2) is 5.78 Å². The fourth-order valence-electron chi connectivity index (χ4n) is 5.50. The second-order valence-corrected chi connectivity index (χ2v) is 6.81. The maximum absolute atomic E-state index is 12.4. The summed E-state index contributed by atoms with van der Waals surface area (Å²) in [6, 6.07) is 0. The second kappa shape index (κ2) is 2.63. The molecular formula is C15H20O. The van der Waals surface area contributed by atoms with Gasteiger partial charge in [-0.1, -0.05) is 5.57 Å². The van der Waals surface area contributed by atoms with E-state index in [9.17, 15) is 4.79 Å². The van der Waals surface area contributed by atoms with Gasteiger partial charge in [-0.3, -0.25) is 4.79 Å². The van der Waals surface area contributed by atoms with Crippen LogP contribution in [0, 0.1) is 29.1 Å². The molecule has 4 aliphatic carbocycles. The lowest BCUT2D eigenvalue weighted by Gasteiger charge is -2.49. The molecule has 0 aliphatic heterocycles. The molecule has 0 heterocycles. The molecule has 1 spiro atoms. The average Bonchev–Trinajstić information content (AvgIpc) is 2.72. The molecule has 3 fully saturated rings. The van der Waals surface area contributed by atoms with Crippen molar-refractivity contribution < 1.29 is 4.79 Å². The van der Waals surface area contributed by atoms with Crippen LogP contribution >= 0.6 is 0 Å². The highest BCUT2D eigenvalue weighted by atomic mass is 16.1. The molecule has 0 aromatic heterocycles. The van der Waals surface area contributed by atoms with Gasteiger partial charge >= 0.3 is 0 Å². The maximum atomic E-state index is 12.4. The van der Waals surface area contributed by atoms with E-state index >= 15 is 0 Å². The monoisotopic (exact) mass is 216 g/mol. The van der Waals surface area contributed by atoms with E-state index in [1.807, 2.05) is 0 Å². The lowest BCUT2D eigenvalue weighted by Crippen LogP contribution is -2.41. The number of carbonyl (C=O) groups is 1. The van der Waals surface area contributed by atoms with Gasteiger partial charge in [-0.2, -0.15) is 0 Å². The first-order valence-electron chi connectivity index (χ1n) is 6.83. The number of allylic oxidation sites excluding steroid dienone is 2. The van der Waals surface area contributed by atoms with Crippen LogP contribution < -0.4 is 0 Å². The molecule has 3 bridgehead atoms. The van der Waals surface area contributed by atoms with E-state index in [0.717, 1.165) is 23.3 Å². The third kappa shape index (κ3) is 0.846. The normalized spacial score (nSPS) is 58.2. The Bertz CT molecular complexity index is 419. The predicted molar refractivity (Wildman–Crippen MR) is 62.9 cm³/mol. The molecule has 16 heavy (non-hydrogen) atoms. The molecular weight excluding hydrogens is 196 g/mol. The Morgan fingerprint density at radius 2 is 1.62 bits per heavy atom. The van der Waals surface area contributed by atoms with Gasteiger partial charge in [0.1, 0.15) is 0 Å². The van der Waals surface area contributed by atoms with Gasteiger partial charge in [-0.25, -0.2) is 0 Å². The minimum absolute atomic E-state index is 0.393. The molecule has 0 N–H and O–H groups in total. The minimum Gasteiger partial charge on any atom is -0.294 e.